The molecule has 7 heteroatoms. The maximum Gasteiger partial charge on any atom is 0.303 e. The third-order valence-corrected chi connectivity index (χ3v) is 7.98. The standard InChI is InChI=1S/C31H39N3O3S/c1-31(2,17-23-14-24-8-4-5-9-25(24)15-23)33-19-28(35)21-34(3)38-29-16-27(18-32-20-29)26-10-6-7-22(13-26)11-12-30(36)37/h4-10,13,16,18,20,23,28,33,35H,11-12,14-15,17,19,21H2,1-3H3,(H,36,37)/t28-/m1/s1. The molecule has 3 N–H and O–H groups in total. The summed E-state index contributed by atoms with van der Waals surface area (Å²) in [4.78, 5) is 16.3. The highest BCUT2D eigenvalue weighted by Crippen LogP contribution is 2.32. The molecule has 1 aliphatic rings. The topological polar surface area (TPSA) is 85.7 Å². The highest BCUT2D eigenvalue weighted by molar-refractivity contribution is 7.97. The minimum Gasteiger partial charge on any atom is -0.481 e. The second kappa shape index (κ2) is 12.9. The van der Waals surface area contributed by atoms with E-state index in [9.17, 15) is 9.90 Å². The molecule has 6 nitrogen and oxygen atoms in total. The molecule has 0 saturated carbocycles. The fourth-order valence-corrected chi connectivity index (χ4v) is 6.24. The number of carbonyl (C=O) groups is 1. The number of hydrogen-bond acceptors (Lipinski definition) is 6. The molecule has 1 atom stereocenters. The molecule has 0 bridgehead atoms. The number of fused-ring (bicyclic) bond motifs is 1. The highest BCUT2D eigenvalue weighted by atomic mass is 32.2. The van der Waals surface area contributed by atoms with Crippen LogP contribution in [-0.2, 0) is 24.1 Å². The molecule has 0 saturated heterocycles. The molecule has 0 amide bonds. The minimum atomic E-state index is -0.792. The number of nitrogens with zero attached hydrogens (tertiary/aromatic N) is 2. The average molecular weight is 534 g/mol. The van der Waals surface area contributed by atoms with Gasteiger partial charge in [0.15, 0.2) is 0 Å². The molecule has 1 aliphatic carbocycles. The van der Waals surface area contributed by atoms with Crippen LogP contribution in [-0.4, -0.2) is 57.3 Å². The van der Waals surface area contributed by atoms with Crippen molar-refractivity contribution in [1.82, 2.24) is 14.6 Å². The quantitative estimate of drug-likeness (QED) is 0.259. The Kier molecular flexibility index (Phi) is 9.60. The summed E-state index contributed by atoms with van der Waals surface area (Å²) in [6, 6.07) is 18.8. The third-order valence-electron chi connectivity index (χ3n) is 7.08. The number of aromatic nitrogens is 1. The van der Waals surface area contributed by atoms with Gasteiger partial charge in [-0.1, -0.05) is 48.5 Å². The first-order valence-corrected chi connectivity index (χ1v) is 14.1. The van der Waals surface area contributed by atoms with Gasteiger partial charge in [-0.2, -0.15) is 0 Å². The predicted molar refractivity (Wildman–Crippen MR) is 154 cm³/mol. The summed E-state index contributed by atoms with van der Waals surface area (Å²) in [6.45, 7) is 5.53. The number of pyridine rings is 1. The summed E-state index contributed by atoms with van der Waals surface area (Å²) in [5.74, 6) is -0.151. The molecule has 0 spiro atoms. The molecule has 38 heavy (non-hydrogen) atoms. The van der Waals surface area contributed by atoms with Crippen LogP contribution in [0.4, 0.5) is 0 Å². The molecular weight excluding hydrogens is 494 g/mol. The van der Waals surface area contributed by atoms with Crippen molar-refractivity contribution in [1.29, 1.82) is 0 Å². The van der Waals surface area contributed by atoms with Crippen LogP contribution in [0.15, 0.2) is 71.9 Å². The van der Waals surface area contributed by atoms with E-state index in [1.54, 1.807) is 11.9 Å². The molecule has 0 aliphatic heterocycles. The summed E-state index contributed by atoms with van der Waals surface area (Å²) in [5, 5.41) is 23.3. The van der Waals surface area contributed by atoms with Crippen LogP contribution in [0.1, 0.15) is 43.4 Å². The lowest BCUT2D eigenvalue weighted by atomic mass is 9.88. The van der Waals surface area contributed by atoms with E-state index in [0.717, 1.165) is 40.8 Å². The van der Waals surface area contributed by atoms with Crippen molar-refractivity contribution in [2.75, 3.05) is 20.1 Å². The Morgan fingerprint density at radius 3 is 2.55 bits per heavy atom. The molecule has 202 valence electrons. The van der Waals surface area contributed by atoms with Crippen molar-refractivity contribution in [3.05, 3.63) is 83.7 Å². The SMILES string of the molecule is CN(C[C@H](O)CNC(C)(C)CC1Cc2ccccc2C1)Sc1cncc(-c2cccc(CCC(=O)O)c2)c1. The molecule has 1 heterocycles. The van der Waals surface area contributed by atoms with Crippen molar-refractivity contribution in [2.24, 2.45) is 5.92 Å². The Hall–Kier alpha value is -2.71. The number of β-amino-alcohol motifs (C(OH)–C–C–N with tert-alkyl or cyclic N) is 1. The summed E-state index contributed by atoms with van der Waals surface area (Å²) in [5.41, 5.74) is 5.92. The average Bonchev–Trinajstić information content (AvgIpc) is 3.28. The Morgan fingerprint density at radius 1 is 1.11 bits per heavy atom. The molecule has 4 rings (SSSR count). The fraction of sp³-hybridized carbons (Fsp3) is 0.419. The number of nitrogens with one attached hydrogen (secondary N) is 1. The zero-order valence-corrected chi connectivity index (χ0v) is 23.4. The van der Waals surface area contributed by atoms with Crippen LogP contribution in [0, 0.1) is 5.92 Å². The number of rotatable bonds is 13. The van der Waals surface area contributed by atoms with Crippen molar-refractivity contribution >= 4 is 17.9 Å². The smallest absolute Gasteiger partial charge is 0.303 e. The van der Waals surface area contributed by atoms with Gasteiger partial charge in [-0.3, -0.25) is 9.78 Å². The number of aliphatic carboxylic acids is 1. The monoisotopic (exact) mass is 533 g/mol. The first kappa shape index (κ1) is 28.3. The zero-order valence-electron chi connectivity index (χ0n) is 22.6. The lowest BCUT2D eigenvalue weighted by molar-refractivity contribution is -0.136. The van der Waals surface area contributed by atoms with Crippen LogP contribution in [0.3, 0.4) is 0 Å². The second-order valence-electron chi connectivity index (χ2n) is 11.1. The minimum absolute atomic E-state index is 0.0450. The molecular formula is C31H39N3O3S. The number of benzene rings is 2. The number of likely N-dealkylation sites (N-methyl/N-ethyl adjacent to an activating group) is 1. The molecule has 0 unspecified atom stereocenters. The zero-order chi connectivity index (χ0) is 27.1. The summed E-state index contributed by atoms with van der Waals surface area (Å²) < 4.78 is 2.04. The van der Waals surface area contributed by atoms with Crippen LogP contribution in [0.2, 0.25) is 0 Å². The van der Waals surface area contributed by atoms with Gasteiger partial charge in [-0.05, 0) is 92.8 Å². The van der Waals surface area contributed by atoms with Crippen LogP contribution >= 0.6 is 11.9 Å². The molecule has 0 fully saturated rings. The Morgan fingerprint density at radius 2 is 1.84 bits per heavy atom. The first-order chi connectivity index (χ1) is 18.2. The van der Waals surface area contributed by atoms with Crippen molar-refractivity contribution in [2.45, 2.75) is 62.5 Å². The molecule has 0 radical (unpaired) electrons. The van der Waals surface area contributed by atoms with Gasteiger partial charge >= 0.3 is 5.97 Å². The van der Waals surface area contributed by atoms with Crippen LogP contribution in [0.25, 0.3) is 11.1 Å². The van der Waals surface area contributed by atoms with Gasteiger partial charge < -0.3 is 15.5 Å². The van der Waals surface area contributed by atoms with E-state index >= 15 is 0 Å². The number of aliphatic hydroxyl groups is 1. The van der Waals surface area contributed by atoms with Crippen molar-refractivity contribution in [3.8, 4) is 11.1 Å². The van der Waals surface area contributed by atoms with Gasteiger partial charge in [0, 0.05) is 47.9 Å². The van der Waals surface area contributed by atoms with E-state index in [1.807, 2.05) is 48.0 Å². The largest absolute Gasteiger partial charge is 0.481 e. The summed E-state index contributed by atoms with van der Waals surface area (Å²) in [6.07, 6.45) is 7.14. The van der Waals surface area contributed by atoms with Crippen LogP contribution in [0.5, 0.6) is 0 Å². The lowest BCUT2D eigenvalue weighted by Crippen LogP contribution is -2.46. The second-order valence-corrected chi connectivity index (χ2v) is 12.3. The fourth-order valence-electron chi connectivity index (χ4n) is 5.35. The van der Waals surface area contributed by atoms with Gasteiger partial charge in [-0.15, -0.1) is 0 Å². The van der Waals surface area contributed by atoms with E-state index in [2.05, 4.69) is 54.5 Å². The van der Waals surface area contributed by atoms with Gasteiger partial charge in [0.1, 0.15) is 0 Å². The normalized spacial score (nSPS) is 14.6. The maximum atomic E-state index is 10.9. The van der Waals surface area contributed by atoms with Gasteiger partial charge in [-0.25, -0.2) is 4.31 Å². The number of carboxylic acids is 1. The molecule has 3 aromatic rings. The van der Waals surface area contributed by atoms with E-state index in [4.69, 9.17) is 5.11 Å². The Labute approximate surface area is 230 Å². The third kappa shape index (κ3) is 8.40. The van der Waals surface area contributed by atoms with Crippen LogP contribution < -0.4 is 5.32 Å². The molecule has 2 aromatic carbocycles. The maximum absolute atomic E-state index is 10.9. The Bertz CT molecular complexity index is 1210. The number of aryl methyl sites for hydroxylation is 1. The van der Waals surface area contributed by atoms with E-state index in [1.165, 1.54) is 11.1 Å². The Balaban J connectivity index is 1.25. The van der Waals surface area contributed by atoms with Crippen molar-refractivity contribution < 1.29 is 15.0 Å². The molecule has 1 aromatic heterocycles. The summed E-state index contributed by atoms with van der Waals surface area (Å²) in [7, 11) is 1.98. The number of hydrogen-bond donors (Lipinski definition) is 3. The predicted octanol–water partition coefficient (Wildman–Crippen LogP) is 5.24. The number of carboxylic acid groups (broad SMARTS) is 1. The lowest BCUT2D eigenvalue weighted by Gasteiger charge is -2.31. The van der Waals surface area contributed by atoms with Gasteiger partial charge in [0.05, 0.1) is 6.10 Å². The number of aliphatic hydroxyl groups excluding tert-OH is 1. The van der Waals surface area contributed by atoms with Gasteiger partial charge in [0.25, 0.3) is 0 Å². The van der Waals surface area contributed by atoms with E-state index in [-0.39, 0.29) is 12.0 Å². The highest BCUT2D eigenvalue weighted by Gasteiger charge is 2.28. The van der Waals surface area contributed by atoms with Crippen molar-refractivity contribution in [3.63, 3.8) is 0 Å². The first-order valence-electron chi connectivity index (χ1n) is 13.3. The van der Waals surface area contributed by atoms with E-state index in [0.29, 0.717) is 25.4 Å². The van der Waals surface area contributed by atoms with E-state index < -0.39 is 12.1 Å². The summed E-state index contributed by atoms with van der Waals surface area (Å²) >= 11 is 1.56. The van der Waals surface area contributed by atoms with Gasteiger partial charge in [0.2, 0.25) is 0 Å².